The average molecular weight is 362 g/mol. The summed E-state index contributed by atoms with van der Waals surface area (Å²) >= 11 is 0. The highest BCUT2D eigenvalue weighted by atomic mass is 16.6. The molecule has 1 aliphatic heterocycles. The summed E-state index contributed by atoms with van der Waals surface area (Å²) in [6.07, 6.45) is 9.86. The topological polar surface area (TPSA) is 29.5 Å². The van der Waals surface area contributed by atoms with E-state index in [0.717, 1.165) is 12.0 Å². The molecule has 3 nitrogen and oxygen atoms in total. The van der Waals surface area contributed by atoms with E-state index in [1.807, 2.05) is 20.8 Å². The third-order valence-electron chi connectivity index (χ3n) is 4.12. The van der Waals surface area contributed by atoms with E-state index in [-0.39, 0.29) is 6.09 Å². The van der Waals surface area contributed by atoms with Crippen LogP contribution in [-0.4, -0.2) is 29.7 Å². The van der Waals surface area contributed by atoms with E-state index in [1.54, 1.807) is 4.90 Å². The summed E-state index contributed by atoms with van der Waals surface area (Å²) in [6.45, 7) is 19.1. The maximum absolute atomic E-state index is 12.1. The zero-order valence-electron chi connectivity index (χ0n) is 16.5. The van der Waals surface area contributed by atoms with Crippen LogP contribution in [0.3, 0.4) is 0 Å². The van der Waals surface area contributed by atoms with Gasteiger partial charge in [0.2, 0.25) is 0 Å². The smallest absolute Gasteiger partial charge is 0.410 e. The molecule has 2 aliphatic rings. The second-order valence-electron chi connectivity index (χ2n) is 7.49. The SMILES string of the molecule is [CH2]c1ccc(C2=CCN(C(=O)OC(C)(C)C)CC2)cc1C1=C[CH]1.[CH]=CC=C. The van der Waals surface area contributed by atoms with Crippen LogP contribution in [0.5, 0.6) is 0 Å². The van der Waals surface area contributed by atoms with Gasteiger partial charge in [0.05, 0.1) is 0 Å². The first-order chi connectivity index (χ1) is 12.7. The molecular weight excluding hydrogens is 334 g/mol. The van der Waals surface area contributed by atoms with E-state index in [0.29, 0.717) is 13.1 Å². The summed E-state index contributed by atoms with van der Waals surface area (Å²) in [5, 5.41) is 0. The molecule has 0 atom stereocenters. The highest BCUT2D eigenvalue weighted by Crippen LogP contribution is 2.34. The lowest BCUT2D eigenvalue weighted by molar-refractivity contribution is 0.0270. The first-order valence-corrected chi connectivity index (χ1v) is 9.10. The van der Waals surface area contributed by atoms with Crippen LogP contribution in [0.15, 0.2) is 49.1 Å². The fourth-order valence-electron chi connectivity index (χ4n) is 2.69. The Kier molecular flexibility index (Phi) is 6.84. The summed E-state index contributed by atoms with van der Waals surface area (Å²) in [5.74, 6) is 0. The van der Waals surface area contributed by atoms with Crippen LogP contribution in [0.4, 0.5) is 4.79 Å². The van der Waals surface area contributed by atoms with E-state index in [2.05, 4.69) is 50.3 Å². The van der Waals surface area contributed by atoms with E-state index in [9.17, 15) is 4.79 Å². The fraction of sp³-hybridized carbons (Fsp3) is 0.292. The number of benzene rings is 1. The minimum atomic E-state index is -0.450. The second kappa shape index (κ2) is 8.90. The molecule has 0 unspecified atom stereocenters. The molecule has 3 radical (unpaired) electrons. The molecule has 0 saturated carbocycles. The van der Waals surface area contributed by atoms with Gasteiger partial charge in [0, 0.05) is 19.5 Å². The summed E-state index contributed by atoms with van der Waals surface area (Å²) in [5.41, 5.74) is 5.58. The summed E-state index contributed by atoms with van der Waals surface area (Å²) in [7, 11) is 0. The van der Waals surface area contributed by atoms with Crippen molar-refractivity contribution >= 4 is 17.2 Å². The van der Waals surface area contributed by atoms with Gasteiger partial charge in [-0.3, -0.25) is 0 Å². The van der Waals surface area contributed by atoms with E-state index >= 15 is 0 Å². The van der Waals surface area contributed by atoms with Gasteiger partial charge >= 0.3 is 6.09 Å². The quantitative estimate of drug-likeness (QED) is 0.650. The molecule has 0 fully saturated rings. The molecule has 1 amide bonds. The average Bonchev–Trinajstić information content (AvgIpc) is 3.46. The molecule has 141 valence electrons. The Morgan fingerprint density at radius 1 is 1.33 bits per heavy atom. The maximum atomic E-state index is 12.1. The predicted octanol–water partition coefficient (Wildman–Crippen LogP) is 5.66. The van der Waals surface area contributed by atoms with Crippen molar-refractivity contribution < 1.29 is 9.53 Å². The van der Waals surface area contributed by atoms with Gasteiger partial charge in [-0.05, 0) is 68.0 Å². The van der Waals surface area contributed by atoms with Gasteiger partial charge in [-0.25, -0.2) is 4.79 Å². The van der Waals surface area contributed by atoms with Crippen LogP contribution in [0.1, 0.15) is 43.9 Å². The van der Waals surface area contributed by atoms with Gasteiger partial charge in [0.15, 0.2) is 0 Å². The molecule has 0 N–H and O–H groups in total. The van der Waals surface area contributed by atoms with Crippen molar-refractivity contribution in [2.75, 3.05) is 13.1 Å². The monoisotopic (exact) mass is 362 g/mol. The highest BCUT2D eigenvalue weighted by Gasteiger charge is 2.24. The normalized spacial score (nSPS) is 15.6. The molecule has 0 saturated heterocycles. The van der Waals surface area contributed by atoms with E-state index < -0.39 is 5.60 Å². The fourth-order valence-corrected chi connectivity index (χ4v) is 2.69. The minimum Gasteiger partial charge on any atom is -0.444 e. The van der Waals surface area contributed by atoms with Crippen LogP contribution >= 0.6 is 0 Å². The van der Waals surface area contributed by atoms with Crippen LogP contribution in [-0.2, 0) is 4.74 Å². The third kappa shape index (κ3) is 6.28. The van der Waals surface area contributed by atoms with Crippen LogP contribution in [0, 0.1) is 19.9 Å². The lowest BCUT2D eigenvalue weighted by Gasteiger charge is -2.29. The molecule has 0 bridgehead atoms. The molecular formula is C24H28NO2. The molecule has 0 spiro atoms. The third-order valence-corrected chi connectivity index (χ3v) is 4.12. The largest absolute Gasteiger partial charge is 0.444 e. The maximum Gasteiger partial charge on any atom is 0.410 e. The van der Waals surface area contributed by atoms with Crippen LogP contribution in [0.25, 0.3) is 11.1 Å². The van der Waals surface area contributed by atoms with Crippen molar-refractivity contribution in [1.82, 2.24) is 4.90 Å². The number of allylic oxidation sites excluding steroid dienone is 4. The van der Waals surface area contributed by atoms with E-state index in [4.69, 9.17) is 11.3 Å². The van der Waals surface area contributed by atoms with Gasteiger partial charge in [0.1, 0.15) is 5.60 Å². The van der Waals surface area contributed by atoms with Gasteiger partial charge in [-0.2, -0.15) is 0 Å². The van der Waals surface area contributed by atoms with Crippen molar-refractivity contribution in [3.8, 4) is 0 Å². The van der Waals surface area contributed by atoms with Crippen molar-refractivity contribution in [3.05, 3.63) is 85.7 Å². The number of hydrogen-bond acceptors (Lipinski definition) is 2. The number of carbonyl (C=O) groups excluding carboxylic acids is 1. The molecule has 27 heavy (non-hydrogen) atoms. The van der Waals surface area contributed by atoms with Crippen molar-refractivity contribution in [2.45, 2.75) is 32.8 Å². The number of ether oxygens (including phenoxy) is 1. The van der Waals surface area contributed by atoms with Crippen molar-refractivity contribution in [1.29, 1.82) is 0 Å². The van der Waals surface area contributed by atoms with Gasteiger partial charge < -0.3 is 9.64 Å². The molecule has 3 rings (SSSR count). The molecule has 1 aromatic rings. The number of amides is 1. The van der Waals surface area contributed by atoms with Gasteiger partial charge in [-0.15, -0.1) is 0 Å². The molecule has 3 heteroatoms. The van der Waals surface area contributed by atoms with Gasteiger partial charge in [0.25, 0.3) is 0 Å². The number of carbonyl (C=O) groups is 1. The standard InChI is InChI=1S/C20H23NO2.C4H5/c1-14-5-6-17(13-18(14)16-7-8-16)15-9-11-21(12-10-15)19(22)23-20(2,3)4;1-3-4-2/h5-9,13H,1,10-12H2,2-4H3;1,3-4H,2H2. The molecule has 1 aromatic carbocycles. The number of nitrogens with zero attached hydrogens (tertiary/aromatic N) is 1. The molecule has 1 heterocycles. The second-order valence-corrected chi connectivity index (χ2v) is 7.49. The van der Waals surface area contributed by atoms with Crippen LogP contribution in [0.2, 0.25) is 0 Å². The zero-order valence-corrected chi connectivity index (χ0v) is 16.5. The zero-order chi connectivity index (χ0) is 20.0. The first-order valence-electron chi connectivity index (χ1n) is 9.10. The molecule has 0 aromatic heterocycles. The number of rotatable bonds is 3. The Hall–Kier alpha value is -2.55. The van der Waals surface area contributed by atoms with E-state index in [1.165, 1.54) is 34.4 Å². The first kappa shape index (κ1) is 20.8. The predicted molar refractivity (Wildman–Crippen MR) is 113 cm³/mol. The molecule has 1 aliphatic carbocycles. The highest BCUT2D eigenvalue weighted by molar-refractivity contribution is 5.90. The Labute approximate surface area is 163 Å². The Bertz CT molecular complexity index is 772. The van der Waals surface area contributed by atoms with Crippen molar-refractivity contribution in [3.63, 3.8) is 0 Å². The summed E-state index contributed by atoms with van der Waals surface area (Å²) < 4.78 is 5.43. The Morgan fingerprint density at radius 3 is 2.48 bits per heavy atom. The summed E-state index contributed by atoms with van der Waals surface area (Å²) in [4.78, 5) is 13.9. The van der Waals surface area contributed by atoms with Gasteiger partial charge in [-0.1, -0.05) is 49.6 Å². The Morgan fingerprint density at radius 2 is 2.00 bits per heavy atom. The minimum absolute atomic E-state index is 0.237. The van der Waals surface area contributed by atoms with Crippen LogP contribution < -0.4 is 0 Å². The van der Waals surface area contributed by atoms with Crippen molar-refractivity contribution in [2.24, 2.45) is 0 Å². The lowest BCUT2D eigenvalue weighted by atomic mass is 9.95. The Balaban J connectivity index is 0.000000596. The number of hydrogen-bond donors (Lipinski definition) is 0. The lowest BCUT2D eigenvalue weighted by Crippen LogP contribution is -2.39. The summed E-state index contributed by atoms with van der Waals surface area (Å²) in [6, 6.07) is 6.38.